The van der Waals surface area contributed by atoms with E-state index in [9.17, 15) is 9.59 Å². The Bertz CT molecular complexity index is 1430. The van der Waals surface area contributed by atoms with Crippen LogP contribution in [0.5, 0.6) is 11.5 Å². The van der Waals surface area contributed by atoms with E-state index >= 15 is 0 Å². The minimum Gasteiger partial charge on any atom is -0.454 e. The third kappa shape index (κ3) is 3.52. The largest absolute Gasteiger partial charge is 0.454 e. The number of rotatable bonds is 5. The van der Waals surface area contributed by atoms with Gasteiger partial charge in [0, 0.05) is 10.7 Å². The summed E-state index contributed by atoms with van der Waals surface area (Å²) in [6.45, 7) is 0.482. The van der Waals surface area contributed by atoms with Gasteiger partial charge in [-0.2, -0.15) is 0 Å². The molecule has 1 aromatic heterocycles. The minimum absolute atomic E-state index is 0.0214. The molecule has 0 spiro atoms. The highest BCUT2D eigenvalue weighted by Gasteiger charge is 2.41. The fourth-order valence-electron chi connectivity index (χ4n) is 4.39. The third-order valence-corrected chi connectivity index (χ3v) is 6.22. The highest BCUT2D eigenvalue weighted by molar-refractivity contribution is 6.30. The van der Waals surface area contributed by atoms with Crippen LogP contribution in [0.1, 0.15) is 18.0 Å². The lowest BCUT2D eigenvalue weighted by Gasteiger charge is -2.16. The molecule has 0 fully saturated rings. The maximum absolute atomic E-state index is 13.5. The molecule has 2 aliphatic heterocycles. The Labute approximate surface area is 199 Å². The maximum Gasteiger partial charge on any atom is 0.253 e. The molecule has 0 bridgehead atoms. The summed E-state index contributed by atoms with van der Waals surface area (Å²) in [6.07, 6.45) is -0.0214. The summed E-state index contributed by atoms with van der Waals surface area (Å²) in [6, 6.07) is 19.3. The fraction of sp³-hybridized carbons (Fsp3) is 0.160. The molecule has 34 heavy (non-hydrogen) atoms. The molecule has 0 radical (unpaired) electrons. The van der Waals surface area contributed by atoms with E-state index in [2.05, 4.69) is 5.32 Å². The van der Waals surface area contributed by atoms with Crippen molar-refractivity contribution in [2.75, 3.05) is 17.0 Å². The Balaban J connectivity index is 1.31. The summed E-state index contributed by atoms with van der Waals surface area (Å²) < 4.78 is 12.7. The normalized spacial score (nSPS) is 16.2. The Kier molecular flexibility index (Phi) is 4.88. The van der Waals surface area contributed by atoms with E-state index in [1.54, 1.807) is 29.2 Å². The van der Waals surface area contributed by atoms with Gasteiger partial charge >= 0.3 is 0 Å². The lowest BCUT2D eigenvalue weighted by Crippen LogP contribution is -2.31. The number of hydrogen-bond donors (Lipinski definition) is 1. The number of anilines is 2. The van der Waals surface area contributed by atoms with Crippen LogP contribution >= 0.6 is 11.6 Å². The van der Waals surface area contributed by atoms with Crippen LogP contribution in [-0.4, -0.2) is 28.2 Å². The van der Waals surface area contributed by atoms with Crippen LogP contribution in [0.25, 0.3) is 11.0 Å². The van der Waals surface area contributed by atoms with Gasteiger partial charge in [-0.3, -0.25) is 19.1 Å². The van der Waals surface area contributed by atoms with Gasteiger partial charge < -0.3 is 14.8 Å². The SMILES string of the molecule is O=C(C[C@H]1C(=O)N(Cc2ccc3c(c2)OCO3)c2nc3ccccc3n21)Nc1ccc(Cl)cc1. The molecule has 3 heterocycles. The van der Waals surface area contributed by atoms with Crippen molar-refractivity contribution in [3.63, 3.8) is 0 Å². The zero-order valence-electron chi connectivity index (χ0n) is 17.9. The summed E-state index contributed by atoms with van der Waals surface area (Å²) in [7, 11) is 0. The second kappa shape index (κ2) is 8.07. The predicted molar refractivity (Wildman–Crippen MR) is 127 cm³/mol. The van der Waals surface area contributed by atoms with Gasteiger partial charge in [0.15, 0.2) is 11.5 Å². The van der Waals surface area contributed by atoms with E-state index in [4.69, 9.17) is 26.1 Å². The van der Waals surface area contributed by atoms with Crippen LogP contribution < -0.4 is 19.7 Å². The highest BCUT2D eigenvalue weighted by atomic mass is 35.5. The number of carbonyl (C=O) groups excluding carboxylic acids is 2. The maximum atomic E-state index is 13.5. The number of amides is 2. The zero-order valence-corrected chi connectivity index (χ0v) is 18.7. The molecule has 8 nitrogen and oxygen atoms in total. The fourth-order valence-corrected chi connectivity index (χ4v) is 4.51. The molecule has 4 aromatic rings. The number of nitrogens with one attached hydrogen (secondary N) is 1. The summed E-state index contributed by atoms with van der Waals surface area (Å²) >= 11 is 5.93. The number of nitrogens with zero attached hydrogens (tertiary/aromatic N) is 3. The van der Waals surface area contributed by atoms with Crippen molar-refractivity contribution < 1.29 is 19.1 Å². The van der Waals surface area contributed by atoms with E-state index in [0.717, 1.165) is 16.6 Å². The second-order valence-corrected chi connectivity index (χ2v) is 8.59. The van der Waals surface area contributed by atoms with Crippen LogP contribution in [0.2, 0.25) is 5.02 Å². The molecule has 1 N–H and O–H groups in total. The Hall–Kier alpha value is -4.04. The number of imidazole rings is 1. The average Bonchev–Trinajstić information content (AvgIpc) is 3.51. The molecule has 2 amide bonds. The van der Waals surface area contributed by atoms with E-state index < -0.39 is 6.04 Å². The number of fused-ring (bicyclic) bond motifs is 4. The standard InChI is InChI=1S/C25H19ClN4O4/c26-16-6-8-17(9-7-16)27-23(31)12-20-24(32)29(13-15-5-10-21-22(11-15)34-14-33-21)25-28-18-3-1-2-4-19(18)30(20)25/h1-11,20H,12-14H2,(H,27,31)/t20-/m0/s1. The molecule has 6 rings (SSSR count). The first-order valence-corrected chi connectivity index (χ1v) is 11.2. The average molecular weight is 475 g/mol. The first-order valence-electron chi connectivity index (χ1n) is 10.8. The smallest absolute Gasteiger partial charge is 0.253 e. The first-order chi connectivity index (χ1) is 16.6. The lowest BCUT2D eigenvalue weighted by molar-refractivity contribution is -0.124. The van der Waals surface area contributed by atoms with Crippen LogP contribution in [0, 0.1) is 0 Å². The van der Waals surface area contributed by atoms with Crippen LogP contribution in [-0.2, 0) is 16.1 Å². The van der Waals surface area contributed by atoms with E-state index in [-0.39, 0.29) is 25.0 Å². The first kappa shape index (κ1) is 20.6. The van der Waals surface area contributed by atoms with Crippen LogP contribution in [0.15, 0.2) is 66.7 Å². The number of carbonyl (C=O) groups is 2. The van der Waals surface area contributed by atoms with Gasteiger partial charge in [-0.05, 0) is 54.1 Å². The van der Waals surface area contributed by atoms with Crippen molar-refractivity contribution in [3.8, 4) is 11.5 Å². The number of halogens is 1. The van der Waals surface area contributed by atoms with Crippen molar-refractivity contribution in [1.82, 2.24) is 9.55 Å². The second-order valence-electron chi connectivity index (χ2n) is 8.16. The number of aromatic nitrogens is 2. The number of hydrogen-bond acceptors (Lipinski definition) is 5. The van der Waals surface area contributed by atoms with Crippen molar-refractivity contribution in [1.29, 1.82) is 0 Å². The summed E-state index contributed by atoms with van der Waals surface area (Å²) in [5, 5.41) is 3.43. The molecular weight excluding hydrogens is 456 g/mol. The Morgan fingerprint density at radius 3 is 2.71 bits per heavy atom. The monoisotopic (exact) mass is 474 g/mol. The zero-order chi connectivity index (χ0) is 23.2. The number of benzene rings is 3. The van der Waals surface area contributed by atoms with E-state index in [1.165, 1.54) is 0 Å². The molecule has 0 saturated carbocycles. The summed E-state index contributed by atoms with van der Waals surface area (Å²) in [4.78, 5) is 32.8. The lowest BCUT2D eigenvalue weighted by atomic mass is 10.1. The topological polar surface area (TPSA) is 85.7 Å². The molecule has 0 saturated heterocycles. The van der Waals surface area contributed by atoms with Gasteiger partial charge in [0.2, 0.25) is 18.6 Å². The Morgan fingerprint density at radius 1 is 1.06 bits per heavy atom. The molecule has 1 atom stereocenters. The number of ether oxygens (including phenoxy) is 2. The molecule has 0 aliphatic carbocycles. The van der Waals surface area contributed by atoms with E-state index in [0.29, 0.717) is 34.7 Å². The quantitative estimate of drug-likeness (QED) is 0.459. The Morgan fingerprint density at radius 2 is 1.85 bits per heavy atom. The molecule has 9 heteroatoms. The van der Waals surface area contributed by atoms with Gasteiger partial charge in [0.05, 0.1) is 24.0 Å². The van der Waals surface area contributed by atoms with Gasteiger partial charge in [-0.1, -0.05) is 29.8 Å². The predicted octanol–water partition coefficient (Wildman–Crippen LogP) is 4.54. The van der Waals surface area contributed by atoms with Crippen LogP contribution in [0.3, 0.4) is 0 Å². The van der Waals surface area contributed by atoms with Gasteiger partial charge in [0.25, 0.3) is 5.91 Å². The van der Waals surface area contributed by atoms with Gasteiger partial charge in [-0.25, -0.2) is 4.98 Å². The van der Waals surface area contributed by atoms with Crippen molar-refractivity contribution >= 4 is 46.1 Å². The minimum atomic E-state index is -0.705. The van der Waals surface area contributed by atoms with Crippen molar-refractivity contribution in [2.45, 2.75) is 19.0 Å². The van der Waals surface area contributed by atoms with Gasteiger partial charge in [-0.15, -0.1) is 0 Å². The highest BCUT2D eigenvalue weighted by Crippen LogP contribution is 2.39. The summed E-state index contributed by atoms with van der Waals surface area (Å²) in [5.41, 5.74) is 3.07. The van der Waals surface area contributed by atoms with Gasteiger partial charge in [0.1, 0.15) is 6.04 Å². The number of para-hydroxylation sites is 2. The van der Waals surface area contributed by atoms with E-state index in [1.807, 2.05) is 47.0 Å². The molecule has 2 aliphatic rings. The van der Waals surface area contributed by atoms with Crippen molar-refractivity contribution in [3.05, 3.63) is 77.3 Å². The van der Waals surface area contributed by atoms with Crippen molar-refractivity contribution in [2.24, 2.45) is 0 Å². The molecular formula is C25H19ClN4O4. The summed E-state index contributed by atoms with van der Waals surface area (Å²) in [5.74, 6) is 1.40. The molecule has 170 valence electrons. The van der Waals surface area contributed by atoms with Crippen LogP contribution in [0.4, 0.5) is 11.6 Å². The molecule has 0 unspecified atom stereocenters. The molecule has 3 aromatic carbocycles. The third-order valence-electron chi connectivity index (χ3n) is 5.97.